The Morgan fingerprint density at radius 1 is 1.44 bits per heavy atom. The summed E-state index contributed by atoms with van der Waals surface area (Å²) in [5.74, 6) is 1.11. The van der Waals surface area contributed by atoms with Crippen molar-refractivity contribution in [3.8, 4) is 0 Å². The molecular formula is C12H17BrN2S. The van der Waals surface area contributed by atoms with Crippen LogP contribution < -0.4 is 11.1 Å². The number of thioether (sulfide) groups is 1. The summed E-state index contributed by atoms with van der Waals surface area (Å²) in [6.45, 7) is 1.17. The number of hydrogen-bond donors (Lipinski definition) is 2. The van der Waals surface area contributed by atoms with Crippen LogP contribution in [0.2, 0.25) is 0 Å². The highest BCUT2D eigenvalue weighted by Gasteiger charge is 2.13. The second-order valence-electron chi connectivity index (χ2n) is 4.14. The van der Waals surface area contributed by atoms with Gasteiger partial charge in [0.05, 0.1) is 0 Å². The second kappa shape index (κ2) is 5.94. The molecule has 1 atom stereocenters. The van der Waals surface area contributed by atoms with Gasteiger partial charge >= 0.3 is 0 Å². The zero-order valence-electron chi connectivity index (χ0n) is 9.21. The van der Waals surface area contributed by atoms with Crippen LogP contribution in [0.15, 0.2) is 27.6 Å². The molecule has 88 valence electrons. The molecule has 0 bridgehead atoms. The second-order valence-corrected chi connectivity index (χ2v) is 6.12. The van der Waals surface area contributed by atoms with Gasteiger partial charge < -0.3 is 11.1 Å². The van der Waals surface area contributed by atoms with E-state index in [0.717, 1.165) is 15.9 Å². The summed E-state index contributed by atoms with van der Waals surface area (Å²) in [5.41, 5.74) is 6.82. The molecule has 1 heterocycles. The number of hydrogen-bond acceptors (Lipinski definition) is 3. The lowest BCUT2D eigenvalue weighted by Crippen LogP contribution is -2.35. The highest BCUT2D eigenvalue weighted by Crippen LogP contribution is 2.29. The third-order valence-corrected chi connectivity index (χ3v) is 4.55. The molecular weight excluding hydrogens is 284 g/mol. The average Bonchev–Trinajstić information content (AvgIpc) is 2.32. The van der Waals surface area contributed by atoms with Gasteiger partial charge in [-0.25, -0.2) is 0 Å². The molecule has 0 aliphatic carbocycles. The van der Waals surface area contributed by atoms with Crippen molar-refractivity contribution < 1.29 is 0 Å². The van der Waals surface area contributed by atoms with E-state index in [2.05, 4.69) is 27.3 Å². The fourth-order valence-corrected chi connectivity index (χ4v) is 3.51. The van der Waals surface area contributed by atoms with Gasteiger partial charge in [-0.3, -0.25) is 0 Å². The average molecular weight is 301 g/mol. The molecule has 0 amide bonds. The van der Waals surface area contributed by atoms with Crippen LogP contribution in [0.25, 0.3) is 0 Å². The van der Waals surface area contributed by atoms with Gasteiger partial charge in [0.15, 0.2) is 0 Å². The van der Waals surface area contributed by atoms with E-state index >= 15 is 0 Å². The van der Waals surface area contributed by atoms with Crippen molar-refractivity contribution in [1.82, 2.24) is 5.32 Å². The maximum absolute atomic E-state index is 5.94. The molecule has 1 fully saturated rings. The van der Waals surface area contributed by atoms with Crippen molar-refractivity contribution >= 4 is 33.4 Å². The van der Waals surface area contributed by atoms with Crippen molar-refractivity contribution in [3.63, 3.8) is 0 Å². The van der Waals surface area contributed by atoms with Gasteiger partial charge in [0.1, 0.15) is 0 Å². The molecule has 3 N–H and O–H groups in total. The zero-order valence-corrected chi connectivity index (χ0v) is 11.6. The lowest BCUT2D eigenvalue weighted by Gasteiger charge is -2.23. The molecule has 0 saturated carbocycles. The van der Waals surface area contributed by atoms with E-state index in [4.69, 9.17) is 5.73 Å². The van der Waals surface area contributed by atoms with E-state index in [1.165, 1.54) is 30.7 Å². The number of piperidine rings is 1. The predicted octanol–water partition coefficient (Wildman–Crippen LogP) is 3.27. The van der Waals surface area contributed by atoms with Crippen LogP contribution in [0.3, 0.4) is 0 Å². The molecule has 0 aromatic heterocycles. The highest BCUT2D eigenvalue weighted by molar-refractivity contribution is 9.10. The highest BCUT2D eigenvalue weighted by atomic mass is 79.9. The third kappa shape index (κ3) is 3.40. The summed E-state index contributed by atoms with van der Waals surface area (Å²) in [6, 6.07) is 6.69. The SMILES string of the molecule is Nc1ccc(Br)cc1SCC1CCCCN1. The Morgan fingerprint density at radius 3 is 3.06 bits per heavy atom. The number of benzene rings is 1. The first-order valence-corrected chi connectivity index (χ1v) is 7.45. The van der Waals surface area contributed by atoms with Crippen molar-refractivity contribution in [1.29, 1.82) is 0 Å². The van der Waals surface area contributed by atoms with Gasteiger partial charge in [0.25, 0.3) is 0 Å². The number of rotatable bonds is 3. The van der Waals surface area contributed by atoms with E-state index in [1.54, 1.807) is 0 Å². The maximum atomic E-state index is 5.94. The van der Waals surface area contributed by atoms with Crippen LogP contribution in [-0.2, 0) is 0 Å². The van der Waals surface area contributed by atoms with Gasteiger partial charge in [-0.15, -0.1) is 11.8 Å². The molecule has 0 spiro atoms. The Hall–Kier alpha value is -0.190. The van der Waals surface area contributed by atoms with Gasteiger partial charge in [-0.2, -0.15) is 0 Å². The lowest BCUT2D eigenvalue weighted by molar-refractivity contribution is 0.430. The summed E-state index contributed by atoms with van der Waals surface area (Å²) < 4.78 is 1.10. The molecule has 1 saturated heterocycles. The minimum atomic E-state index is 0.650. The molecule has 0 radical (unpaired) electrons. The molecule has 4 heteroatoms. The first-order valence-electron chi connectivity index (χ1n) is 5.67. The fraction of sp³-hybridized carbons (Fsp3) is 0.500. The van der Waals surface area contributed by atoms with Gasteiger partial charge in [0.2, 0.25) is 0 Å². The topological polar surface area (TPSA) is 38.0 Å². The quantitative estimate of drug-likeness (QED) is 0.665. The van der Waals surface area contributed by atoms with Crippen LogP contribution in [0, 0.1) is 0 Å². The van der Waals surface area contributed by atoms with Crippen molar-refractivity contribution in [2.45, 2.75) is 30.2 Å². The molecule has 2 rings (SSSR count). The summed E-state index contributed by atoms with van der Waals surface area (Å²) in [4.78, 5) is 1.18. The van der Waals surface area contributed by atoms with Crippen LogP contribution >= 0.6 is 27.7 Å². The third-order valence-electron chi connectivity index (χ3n) is 2.83. The van der Waals surface area contributed by atoms with Crippen LogP contribution in [-0.4, -0.2) is 18.3 Å². The monoisotopic (exact) mass is 300 g/mol. The summed E-state index contributed by atoms with van der Waals surface area (Å²) >= 11 is 5.33. The molecule has 16 heavy (non-hydrogen) atoms. The van der Waals surface area contributed by atoms with Crippen molar-refractivity contribution in [3.05, 3.63) is 22.7 Å². The Morgan fingerprint density at radius 2 is 2.31 bits per heavy atom. The van der Waals surface area contributed by atoms with Crippen LogP contribution in [0.5, 0.6) is 0 Å². The smallest absolute Gasteiger partial charge is 0.0453 e. The van der Waals surface area contributed by atoms with Crippen molar-refractivity contribution in [2.24, 2.45) is 0 Å². The fourth-order valence-electron chi connectivity index (χ4n) is 1.89. The molecule has 2 nitrogen and oxygen atoms in total. The summed E-state index contributed by atoms with van der Waals surface area (Å²) in [7, 11) is 0. The first kappa shape index (κ1) is 12.3. The zero-order chi connectivity index (χ0) is 11.4. The van der Waals surface area contributed by atoms with Gasteiger partial charge in [0, 0.05) is 26.9 Å². The van der Waals surface area contributed by atoms with E-state index in [1.807, 2.05) is 23.9 Å². The number of anilines is 1. The predicted molar refractivity (Wildman–Crippen MR) is 74.9 cm³/mol. The van der Waals surface area contributed by atoms with E-state index in [9.17, 15) is 0 Å². The largest absolute Gasteiger partial charge is 0.398 e. The standard InChI is InChI=1S/C12H17BrN2S/c13-9-4-5-11(14)12(7-9)16-8-10-3-1-2-6-15-10/h4-5,7,10,15H,1-3,6,8,14H2. The number of halogens is 1. The molecule has 1 aliphatic rings. The molecule has 1 aliphatic heterocycles. The Balaban J connectivity index is 1.90. The Bertz CT molecular complexity index is 351. The Labute approximate surface area is 109 Å². The normalized spacial score (nSPS) is 20.9. The molecule has 1 unspecified atom stereocenters. The van der Waals surface area contributed by atoms with E-state index in [-0.39, 0.29) is 0 Å². The summed E-state index contributed by atoms with van der Waals surface area (Å²) in [6.07, 6.45) is 3.97. The van der Waals surface area contributed by atoms with Crippen LogP contribution in [0.1, 0.15) is 19.3 Å². The lowest BCUT2D eigenvalue weighted by atomic mass is 10.1. The minimum absolute atomic E-state index is 0.650. The van der Waals surface area contributed by atoms with Gasteiger partial charge in [-0.05, 0) is 37.6 Å². The summed E-state index contributed by atoms with van der Waals surface area (Å²) in [5, 5.41) is 3.55. The molecule has 1 aromatic rings. The minimum Gasteiger partial charge on any atom is -0.398 e. The first-order chi connectivity index (χ1) is 7.75. The van der Waals surface area contributed by atoms with Crippen molar-refractivity contribution in [2.75, 3.05) is 18.0 Å². The molecule has 1 aromatic carbocycles. The van der Waals surface area contributed by atoms with E-state index < -0.39 is 0 Å². The maximum Gasteiger partial charge on any atom is 0.0453 e. The number of nitrogens with one attached hydrogen (secondary N) is 1. The number of nitrogen functional groups attached to an aromatic ring is 1. The van der Waals surface area contributed by atoms with E-state index in [0.29, 0.717) is 6.04 Å². The van der Waals surface area contributed by atoms with Crippen LogP contribution in [0.4, 0.5) is 5.69 Å². The number of nitrogens with two attached hydrogens (primary N) is 1. The van der Waals surface area contributed by atoms with Gasteiger partial charge in [-0.1, -0.05) is 22.4 Å². The Kier molecular flexibility index (Phi) is 4.55.